The van der Waals surface area contributed by atoms with Crippen LogP contribution in [-0.4, -0.2) is 60.0 Å². The molecule has 2 heterocycles. The first-order valence-electron chi connectivity index (χ1n) is 10.5. The molecule has 0 bridgehead atoms. The molecule has 0 unspecified atom stereocenters. The Morgan fingerprint density at radius 3 is 2.50 bits per heavy atom. The minimum absolute atomic E-state index is 0.0323. The molecule has 7 heteroatoms. The van der Waals surface area contributed by atoms with Crippen LogP contribution in [0.25, 0.3) is 0 Å². The van der Waals surface area contributed by atoms with Crippen LogP contribution < -0.4 is 9.80 Å². The van der Waals surface area contributed by atoms with Crippen molar-refractivity contribution in [2.24, 2.45) is 0 Å². The molecule has 1 aliphatic heterocycles. The summed E-state index contributed by atoms with van der Waals surface area (Å²) in [6.07, 6.45) is 0.319. The second-order valence-electron chi connectivity index (χ2n) is 7.93. The van der Waals surface area contributed by atoms with Crippen molar-refractivity contribution in [3.05, 3.63) is 47.9 Å². The summed E-state index contributed by atoms with van der Waals surface area (Å²) < 4.78 is 0. The Morgan fingerprint density at radius 2 is 1.87 bits per heavy atom. The van der Waals surface area contributed by atoms with E-state index in [1.54, 1.807) is 4.90 Å². The number of nitriles is 1. The van der Waals surface area contributed by atoms with E-state index in [0.29, 0.717) is 25.4 Å². The first-order chi connectivity index (χ1) is 14.5. The Balaban J connectivity index is 1.61. The molecule has 0 saturated carbocycles. The molecule has 2 aromatic rings. The highest BCUT2D eigenvalue weighted by atomic mass is 16.2. The van der Waals surface area contributed by atoms with Gasteiger partial charge in [0.05, 0.1) is 19.0 Å². The van der Waals surface area contributed by atoms with Crippen LogP contribution in [0.4, 0.5) is 11.5 Å². The normalized spacial score (nSPS) is 14.6. The third-order valence-electron chi connectivity index (χ3n) is 5.25. The van der Waals surface area contributed by atoms with E-state index in [0.717, 1.165) is 49.2 Å². The van der Waals surface area contributed by atoms with Crippen LogP contribution in [0.5, 0.6) is 0 Å². The van der Waals surface area contributed by atoms with Gasteiger partial charge in [0, 0.05) is 56.1 Å². The average Bonchev–Trinajstić information content (AvgIpc) is 2.75. The molecule has 30 heavy (non-hydrogen) atoms. The monoisotopic (exact) mass is 406 g/mol. The number of benzene rings is 1. The van der Waals surface area contributed by atoms with Crippen LogP contribution in [0.2, 0.25) is 0 Å². The molecule has 1 aromatic heterocycles. The molecule has 0 spiro atoms. The minimum Gasteiger partial charge on any atom is -0.354 e. The topological polar surface area (TPSA) is 76.4 Å². The number of carbonyl (C=O) groups is 1. The van der Waals surface area contributed by atoms with E-state index in [4.69, 9.17) is 10.2 Å². The molecule has 1 aliphatic rings. The van der Waals surface area contributed by atoms with Crippen LogP contribution in [0.15, 0.2) is 36.4 Å². The second-order valence-corrected chi connectivity index (χ2v) is 7.93. The van der Waals surface area contributed by atoms with Gasteiger partial charge >= 0.3 is 0 Å². The van der Waals surface area contributed by atoms with Crippen molar-refractivity contribution in [2.75, 3.05) is 49.1 Å². The van der Waals surface area contributed by atoms with Crippen molar-refractivity contribution in [3.8, 4) is 6.07 Å². The molecular formula is C23H30N6O. The van der Waals surface area contributed by atoms with Gasteiger partial charge in [-0.15, -0.1) is 0 Å². The van der Waals surface area contributed by atoms with Crippen molar-refractivity contribution in [1.82, 2.24) is 14.9 Å². The number of aryl methyl sites for hydroxylation is 1. The maximum absolute atomic E-state index is 13.0. The van der Waals surface area contributed by atoms with Gasteiger partial charge in [-0.1, -0.05) is 32.0 Å². The van der Waals surface area contributed by atoms with Crippen LogP contribution in [-0.2, 0) is 4.79 Å². The highest BCUT2D eigenvalue weighted by molar-refractivity contribution is 5.94. The predicted octanol–water partition coefficient (Wildman–Crippen LogP) is 2.98. The number of para-hydroxylation sites is 1. The fourth-order valence-electron chi connectivity index (χ4n) is 3.57. The summed E-state index contributed by atoms with van der Waals surface area (Å²) >= 11 is 0. The van der Waals surface area contributed by atoms with Crippen molar-refractivity contribution >= 4 is 17.4 Å². The molecule has 0 atom stereocenters. The van der Waals surface area contributed by atoms with Crippen LogP contribution in [0.1, 0.15) is 37.7 Å². The summed E-state index contributed by atoms with van der Waals surface area (Å²) in [5, 5.41) is 8.96. The summed E-state index contributed by atoms with van der Waals surface area (Å²) in [4.78, 5) is 28.4. The van der Waals surface area contributed by atoms with Gasteiger partial charge in [-0.05, 0) is 19.1 Å². The maximum Gasteiger partial charge on any atom is 0.241 e. The smallest absolute Gasteiger partial charge is 0.241 e. The predicted molar refractivity (Wildman–Crippen MR) is 119 cm³/mol. The molecule has 0 radical (unpaired) electrons. The first kappa shape index (κ1) is 21.7. The molecule has 3 rings (SSSR count). The van der Waals surface area contributed by atoms with Gasteiger partial charge in [-0.3, -0.25) is 9.69 Å². The highest BCUT2D eigenvalue weighted by Gasteiger charge is 2.23. The van der Waals surface area contributed by atoms with E-state index in [1.807, 2.05) is 43.3 Å². The van der Waals surface area contributed by atoms with Crippen molar-refractivity contribution in [3.63, 3.8) is 0 Å². The van der Waals surface area contributed by atoms with Gasteiger partial charge in [-0.25, -0.2) is 9.97 Å². The van der Waals surface area contributed by atoms with Gasteiger partial charge in [0.1, 0.15) is 11.6 Å². The Morgan fingerprint density at radius 1 is 1.17 bits per heavy atom. The summed E-state index contributed by atoms with van der Waals surface area (Å²) in [5.74, 6) is 2.17. The number of aromatic nitrogens is 2. The van der Waals surface area contributed by atoms with E-state index in [9.17, 15) is 4.79 Å². The molecule has 0 N–H and O–H groups in total. The molecule has 1 amide bonds. The second kappa shape index (κ2) is 10.2. The largest absolute Gasteiger partial charge is 0.354 e. The van der Waals surface area contributed by atoms with E-state index in [2.05, 4.69) is 34.7 Å². The number of hydrogen-bond acceptors (Lipinski definition) is 6. The third-order valence-corrected chi connectivity index (χ3v) is 5.25. The molecule has 1 aromatic carbocycles. The lowest BCUT2D eigenvalue weighted by Crippen LogP contribution is -2.50. The van der Waals surface area contributed by atoms with Crippen molar-refractivity contribution in [2.45, 2.75) is 33.1 Å². The highest BCUT2D eigenvalue weighted by Crippen LogP contribution is 2.19. The molecule has 0 aliphatic carbocycles. The van der Waals surface area contributed by atoms with Crippen LogP contribution in [0, 0.1) is 18.3 Å². The van der Waals surface area contributed by atoms with Gasteiger partial charge in [-0.2, -0.15) is 5.26 Å². The molecule has 7 nitrogen and oxygen atoms in total. The van der Waals surface area contributed by atoms with Crippen LogP contribution in [0.3, 0.4) is 0 Å². The van der Waals surface area contributed by atoms with Crippen LogP contribution >= 0.6 is 0 Å². The zero-order valence-corrected chi connectivity index (χ0v) is 18.1. The molecule has 1 fully saturated rings. The minimum atomic E-state index is 0.0323. The molecule has 1 saturated heterocycles. The Labute approximate surface area is 178 Å². The Bertz CT molecular complexity index is 884. The number of nitrogens with zero attached hydrogens (tertiary/aromatic N) is 6. The summed E-state index contributed by atoms with van der Waals surface area (Å²) in [7, 11) is 0. The van der Waals surface area contributed by atoms with E-state index < -0.39 is 0 Å². The Kier molecular flexibility index (Phi) is 7.36. The van der Waals surface area contributed by atoms with E-state index >= 15 is 0 Å². The number of amides is 1. The third kappa shape index (κ3) is 5.55. The lowest BCUT2D eigenvalue weighted by Gasteiger charge is -2.36. The van der Waals surface area contributed by atoms with Gasteiger partial charge in [0.15, 0.2) is 0 Å². The maximum atomic E-state index is 13.0. The fraction of sp³-hybridized carbons (Fsp3) is 0.478. The number of carbonyl (C=O) groups excluding carboxylic acids is 1. The average molecular weight is 407 g/mol. The van der Waals surface area contributed by atoms with Gasteiger partial charge < -0.3 is 9.80 Å². The van der Waals surface area contributed by atoms with E-state index in [-0.39, 0.29) is 5.91 Å². The number of rotatable bonds is 7. The number of piperazine rings is 1. The molecular weight excluding hydrogens is 376 g/mol. The lowest BCUT2D eigenvalue weighted by atomic mass is 10.2. The fourth-order valence-corrected chi connectivity index (χ4v) is 3.57. The first-order valence-corrected chi connectivity index (χ1v) is 10.5. The molecule has 158 valence electrons. The zero-order valence-electron chi connectivity index (χ0n) is 18.1. The van der Waals surface area contributed by atoms with Gasteiger partial charge in [0.25, 0.3) is 0 Å². The number of anilines is 2. The standard InChI is InChI=1S/C23H30N6O/c1-18(2)23-25-19(3)16-21(26-23)28-14-12-27(13-15-28)17-22(30)29(11-7-10-24)20-8-5-4-6-9-20/h4-6,8-9,16,18H,7,11-15,17H2,1-3H3. The van der Waals surface area contributed by atoms with Gasteiger partial charge in [0.2, 0.25) is 5.91 Å². The van der Waals surface area contributed by atoms with E-state index in [1.165, 1.54) is 0 Å². The quantitative estimate of drug-likeness (QED) is 0.704. The summed E-state index contributed by atoms with van der Waals surface area (Å²) in [6.45, 7) is 10.2. The Hall–Kier alpha value is -2.98. The van der Waals surface area contributed by atoms with Crippen molar-refractivity contribution in [1.29, 1.82) is 5.26 Å². The summed E-state index contributed by atoms with van der Waals surface area (Å²) in [6, 6.07) is 13.8. The SMILES string of the molecule is Cc1cc(N2CCN(CC(=O)N(CCC#N)c3ccccc3)CC2)nc(C(C)C)n1. The lowest BCUT2D eigenvalue weighted by molar-refractivity contribution is -0.119. The number of hydrogen-bond donors (Lipinski definition) is 0. The summed E-state index contributed by atoms with van der Waals surface area (Å²) in [5.41, 5.74) is 1.83. The van der Waals surface area contributed by atoms with Crippen molar-refractivity contribution < 1.29 is 4.79 Å². The zero-order chi connectivity index (χ0) is 21.5.